The number of pyridine rings is 1. The highest BCUT2D eigenvalue weighted by Gasteiger charge is 2.12. The van der Waals surface area contributed by atoms with Gasteiger partial charge in [0.25, 0.3) is 0 Å². The zero-order valence-electron chi connectivity index (χ0n) is 10.7. The number of fused-ring (bicyclic) bond motifs is 1. The number of halogens is 2. The zero-order chi connectivity index (χ0) is 15.0. The van der Waals surface area contributed by atoms with Gasteiger partial charge in [0.1, 0.15) is 5.82 Å². The SMILES string of the molecule is O=C(O)c1ccc2nccc(-c3cc(F)ccc3Cl)c2c1. The minimum atomic E-state index is -1.03. The number of nitrogens with zero attached hydrogens (tertiary/aromatic N) is 1. The van der Waals surface area contributed by atoms with Gasteiger partial charge in [0, 0.05) is 22.2 Å². The average Bonchev–Trinajstić information content (AvgIpc) is 2.48. The van der Waals surface area contributed by atoms with Crippen LogP contribution in [-0.4, -0.2) is 16.1 Å². The molecule has 1 N–H and O–H groups in total. The minimum absolute atomic E-state index is 0.143. The minimum Gasteiger partial charge on any atom is -0.478 e. The fraction of sp³-hybridized carbons (Fsp3) is 0. The predicted octanol–water partition coefficient (Wildman–Crippen LogP) is 4.39. The molecular weight excluding hydrogens is 293 g/mol. The largest absolute Gasteiger partial charge is 0.478 e. The van der Waals surface area contributed by atoms with E-state index in [9.17, 15) is 9.18 Å². The van der Waals surface area contributed by atoms with E-state index >= 15 is 0 Å². The van der Waals surface area contributed by atoms with E-state index in [1.54, 1.807) is 18.3 Å². The molecule has 0 bridgehead atoms. The van der Waals surface area contributed by atoms with Crippen molar-refractivity contribution in [3.8, 4) is 11.1 Å². The third-order valence-electron chi connectivity index (χ3n) is 3.21. The Morgan fingerprint density at radius 3 is 2.67 bits per heavy atom. The maximum Gasteiger partial charge on any atom is 0.335 e. The normalized spacial score (nSPS) is 10.8. The topological polar surface area (TPSA) is 50.2 Å². The van der Waals surface area contributed by atoms with Crippen LogP contribution in [0.4, 0.5) is 4.39 Å². The number of aromatic nitrogens is 1. The van der Waals surface area contributed by atoms with E-state index in [-0.39, 0.29) is 5.56 Å². The van der Waals surface area contributed by atoms with Crippen molar-refractivity contribution in [2.45, 2.75) is 0 Å². The standard InChI is InChI=1S/C16H9ClFNO2/c17-14-3-2-10(18)8-12(14)11-5-6-19-15-4-1-9(16(20)21)7-13(11)15/h1-8H,(H,20,21). The molecule has 0 amide bonds. The molecule has 3 aromatic rings. The van der Waals surface area contributed by atoms with Crippen molar-refractivity contribution in [2.75, 3.05) is 0 Å². The summed E-state index contributed by atoms with van der Waals surface area (Å²) in [5.41, 5.74) is 1.92. The van der Waals surface area contributed by atoms with Gasteiger partial charge in [0.15, 0.2) is 0 Å². The highest BCUT2D eigenvalue weighted by Crippen LogP contribution is 2.33. The molecule has 0 atom stereocenters. The highest BCUT2D eigenvalue weighted by molar-refractivity contribution is 6.33. The van der Waals surface area contributed by atoms with Crippen LogP contribution >= 0.6 is 11.6 Å². The maximum absolute atomic E-state index is 13.5. The number of hydrogen-bond donors (Lipinski definition) is 1. The van der Waals surface area contributed by atoms with Crippen molar-refractivity contribution in [3.63, 3.8) is 0 Å². The van der Waals surface area contributed by atoms with Crippen molar-refractivity contribution in [3.05, 3.63) is 65.1 Å². The van der Waals surface area contributed by atoms with Crippen molar-refractivity contribution in [2.24, 2.45) is 0 Å². The molecule has 0 aliphatic heterocycles. The second-order valence-corrected chi connectivity index (χ2v) is 4.93. The van der Waals surface area contributed by atoms with E-state index in [0.717, 1.165) is 0 Å². The molecule has 3 nitrogen and oxygen atoms in total. The summed E-state index contributed by atoms with van der Waals surface area (Å²) < 4.78 is 13.5. The van der Waals surface area contributed by atoms with Crippen LogP contribution in [0.3, 0.4) is 0 Å². The molecule has 0 saturated heterocycles. The van der Waals surface area contributed by atoms with Gasteiger partial charge in [-0.25, -0.2) is 9.18 Å². The van der Waals surface area contributed by atoms with Gasteiger partial charge in [-0.3, -0.25) is 4.98 Å². The van der Waals surface area contributed by atoms with Gasteiger partial charge in [0.2, 0.25) is 0 Å². The molecule has 1 heterocycles. The molecule has 0 unspecified atom stereocenters. The first-order valence-corrected chi connectivity index (χ1v) is 6.51. The summed E-state index contributed by atoms with van der Waals surface area (Å²) in [5.74, 6) is -1.44. The van der Waals surface area contributed by atoms with Gasteiger partial charge >= 0.3 is 5.97 Å². The molecule has 5 heteroatoms. The van der Waals surface area contributed by atoms with Crippen molar-refractivity contribution < 1.29 is 14.3 Å². The van der Waals surface area contributed by atoms with E-state index in [0.29, 0.717) is 27.1 Å². The first kappa shape index (κ1) is 13.5. The first-order chi connectivity index (χ1) is 10.1. The number of rotatable bonds is 2. The van der Waals surface area contributed by atoms with Gasteiger partial charge in [-0.1, -0.05) is 11.6 Å². The third kappa shape index (κ3) is 2.45. The third-order valence-corrected chi connectivity index (χ3v) is 3.54. The molecule has 3 rings (SSSR count). The van der Waals surface area contributed by atoms with Crippen LogP contribution in [0, 0.1) is 5.82 Å². The smallest absolute Gasteiger partial charge is 0.335 e. The molecule has 0 fully saturated rings. The lowest BCUT2D eigenvalue weighted by molar-refractivity contribution is 0.0697. The molecular formula is C16H9ClFNO2. The highest BCUT2D eigenvalue weighted by atomic mass is 35.5. The van der Waals surface area contributed by atoms with E-state index in [1.807, 2.05) is 0 Å². The van der Waals surface area contributed by atoms with Gasteiger partial charge in [-0.2, -0.15) is 0 Å². The van der Waals surface area contributed by atoms with Crippen LogP contribution in [0.15, 0.2) is 48.7 Å². The molecule has 0 radical (unpaired) electrons. The first-order valence-electron chi connectivity index (χ1n) is 6.14. The van der Waals surface area contributed by atoms with Crippen LogP contribution in [0.1, 0.15) is 10.4 Å². The Morgan fingerprint density at radius 2 is 1.90 bits per heavy atom. The Bertz CT molecular complexity index is 864. The number of aromatic carboxylic acids is 1. The molecule has 21 heavy (non-hydrogen) atoms. The van der Waals surface area contributed by atoms with Crippen LogP contribution in [0.25, 0.3) is 22.0 Å². The Balaban J connectivity index is 2.34. The van der Waals surface area contributed by atoms with Gasteiger partial charge in [-0.05, 0) is 48.0 Å². The molecule has 1 aromatic heterocycles. The average molecular weight is 302 g/mol. The zero-order valence-corrected chi connectivity index (χ0v) is 11.4. The lowest BCUT2D eigenvalue weighted by Gasteiger charge is -2.09. The molecule has 0 spiro atoms. The monoisotopic (exact) mass is 301 g/mol. The Morgan fingerprint density at radius 1 is 1.10 bits per heavy atom. The van der Waals surface area contributed by atoms with E-state index in [1.165, 1.54) is 30.3 Å². The Hall–Kier alpha value is -2.46. The van der Waals surface area contributed by atoms with Gasteiger partial charge in [-0.15, -0.1) is 0 Å². The number of carboxylic acid groups (broad SMARTS) is 1. The summed E-state index contributed by atoms with van der Waals surface area (Å²) in [7, 11) is 0. The summed E-state index contributed by atoms with van der Waals surface area (Å²) in [5, 5.41) is 10.1. The van der Waals surface area contributed by atoms with E-state index in [4.69, 9.17) is 16.7 Å². The van der Waals surface area contributed by atoms with E-state index < -0.39 is 11.8 Å². The molecule has 0 aliphatic rings. The molecule has 104 valence electrons. The van der Waals surface area contributed by atoms with Crippen LogP contribution < -0.4 is 0 Å². The predicted molar refractivity (Wildman–Crippen MR) is 79.1 cm³/mol. The van der Waals surface area contributed by atoms with Crippen LogP contribution in [0.5, 0.6) is 0 Å². The number of hydrogen-bond acceptors (Lipinski definition) is 2. The Kier molecular flexibility index (Phi) is 3.31. The fourth-order valence-electron chi connectivity index (χ4n) is 2.22. The van der Waals surface area contributed by atoms with Crippen molar-refractivity contribution in [1.29, 1.82) is 0 Å². The van der Waals surface area contributed by atoms with Crippen molar-refractivity contribution >= 4 is 28.5 Å². The quantitative estimate of drug-likeness (QED) is 0.763. The number of carbonyl (C=O) groups is 1. The second-order valence-electron chi connectivity index (χ2n) is 4.52. The number of carboxylic acids is 1. The Labute approximate surface area is 124 Å². The summed E-state index contributed by atoms with van der Waals surface area (Å²) in [6.07, 6.45) is 1.58. The van der Waals surface area contributed by atoms with Gasteiger partial charge in [0.05, 0.1) is 11.1 Å². The number of benzene rings is 2. The van der Waals surface area contributed by atoms with Crippen molar-refractivity contribution in [1.82, 2.24) is 4.98 Å². The van der Waals surface area contributed by atoms with Crippen LogP contribution in [-0.2, 0) is 0 Å². The fourth-order valence-corrected chi connectivity index (χ4v) is 2.44. The van der Waals surface area contributed by atoms with E-state index in [2.05, 4.69) is 4.98 Å². The summed E-state index contributed by atoms with van der Waals surface area (Å²) in [6.45, 7) is 0. The summed E-state index contributed by atoms with van der Waals surface area (Å²) >= 11 is 6.13. The van der Waals surface area contributed by atoms with Crippen LogP contribution in [0.2, 0.25) is 5.02 Å². The lowest BCUT2D eigenvalue weighted by atomic mass is 9.99. The summed E-state index contributed by atoms with van der Waals surface area (Å²) in [4.78, 5) is 15.3. The summed E-state index contributed by atoms with van der Waals surface area (Å²) in [6, 6.07) is 10.4. The maximum atomic E-state index is 13.5. The molecule has 0 saturated carbocycles. The van der Waals surface area contributed by atoms with Gasteiger partial charge < -0.3 is 5.11 Å². The molecule has 0 aliphatic carbocycles. The molecule has 2 aromatic carbocycles. The lowest BCUT2D eigenvalue weighted by Crippen LogP contribution is -1.96. The second kappa shape index (κ2) is 5.14.